The lowest BCUT2D eigenvalue weighted by Crippen LogP contribution is -2.09. The van der Waals surface area contributed by atoms with Crippen molar-refractivity contribution in [3.8, 4) is 0 Å². The summed E-state index contributed by atoms with van der Waals surface area (Å²) in [5.41, 5.74) is 1.12. The highest BCUT2D eigenvalue weighted by Crippen LogP contribution is 2.14. The lowest BCUT2D eigenvalue weighted by molar-refractivity contribution is 0.359. The van der Waals surface area contributed by atoms with Crippen molar-refractivity contribution < 1.29 is 0 Å². The Balaban J connectivity index is 2.40. The number of hydrogen-bond acceptors (Lipinski definition) is 2. The van der Waals surface area contributed by atoms with Crippen LogP contribution in [0.1, 0.15) is 46.7 Å². The number of nitrogens with zero attached hydrogens (tertiary/aromatic N) is 3. The van der Waals surface area contributed by atoms with Gasteiger partial charge >= 0.3 is 0 Å². The molecular formula is C13H25N3. The van der Waals surface area contributed by atoms with Crippen molar-refractivity contribution >= 4 is 0 Å². The van der Waals surface area contributed by atoms with E-state index in [2.05, 4.69) is 51.1 Å². The Kier molecular flexibility index (Phi) is 4.97. The second-order valence-electron chi connectivity index (χ2n) is 5.58. The van der Waals surface area contributed by atoms with Crippen LogP contribution in [-0.4, -0.2) is 15.0 Å². The molecule has 0 bridgehead atoms. The van der Waals surface area contributed by atoms with Crippen LogP contribution >= 0.6 is 0 Å². The lowest BCUT2D eigenvalue weighted by Gasteiger charge is -2.14. The quantitative estimate of drug-likeness (QED) is 0.741. The Bertz CT molecular complexity index is 302. The first-order valence-electron chi connectivity index (χ1n) is 6.38. The van der Waals surface area contributed by atoms with Crippen molar-refractivity contribution in [2.24, 2.45) is 17.8 Å². The average molecular weight is 223 g/mol. The predicted octanol–water partition coefficient (Wildman–Crippen LogP) is 3.16. The van der Waals surface area contributed by atoms with Gasteiger partial charge in [0.1, 0.15) is 0 Å². The molecule has 92 valence electrons. The van der Waals surface area contributed by atoms with Crippen molar-refractivity contribution in [1.82, 2.24) is 15.0 Å². The minimum absolute atomic E-state index is 0.653. The molecule has 0 fully saturated rings. The van der Waals surface area contributed by atoms with Gasteiger partial charge in [0, 0.05) is 12.7 Å². The lowest BCUT2D eigenvalue weighted by atomic mass is 9.95. The normalized spacial score (nSPS) is 13.7. The standard InChI is InChI=1S/C13H25N3/c1-10(2)8-13-9-16(15-14-13)7-6-12(5)11(3)4/h9-12H,6-8H2,1-5H3. The third-order valence-electron chi connectivity index (χ3n) is 3.16. The number of rotatable bonds is 6. The van der Waals surface area contributed by atoms with E-state index in [0.717, 1.165) is 30.5 Å². The first-order chi connectivity index (χ1) is 7.49. The Morgan fingerprint density at radius 2 is 1.88 bits per heavy atom. The van der Waals surface area contributed by atoms with Crippen LogP contribution in [0.25, 0.3) is 0 Å². The summed E-state index contributed by atoms with van der Waals surface area (Å²) in [5, 5.41) is 8.36. The zero-order chi connectivity index (χ0) is 12.1. The average Bonchev–Trinajstić information content (AvgIpc) is 2.60. The van der Waals surface area contributed by atoms with E-state index in [9.17, 15) is 0 Å². The van der Waals surface area contributed by atoms with E-state index in [1.165, 1.54) is 6.42 Å². The summed E-state index contributed by atoms with van der Waals surface area (Å²) in [6, 6.07) is 0. The van der Waals surface area contributed by atoms with Gasteiger partial charge in [-0.1, -0.05) is 39.8 Å². The first kappa shape index (κ1) is 13.2. The van der Waals surface area contributed by atoms with Crippen LogP contribution in [0.5, 0.6) is 0 Å². The molecule has 1 aromatic rings. The first-order valence-corrected chi connectivity index (χ1v) is 6.38. The smallest absolute Gasteiger partial charge is 0.0829 e. The molecule has 3 nitrogen and oxygen atoms in total. The molecule has 0 saturated heterocycles. The minimum Gasteiger partial charge on any atom is -0.252 e. The second kappa shape index (κ2) is 6.02. The van der Waals surface area contributed by atoms with E-state index in [1.54, 1.807) is 0 Å². The highest BCUT2D eigenvalue weighted by Gasteiger charge is 2.08. The van der Waals surface area contributed by atoms with E-state index in [-0.39, 0.29) is 0 Å². The third-order valence-corrected chi connectivity index (χ3v) is 3.16. The minimum atomic E-state index is 0.653. The van der Waals surface area contributed by atoms with Gasteiger partial charge in [-0.25, -0.2) is 0 Å². The van der Waals surface area contributed by atoms with Crippen molar-refractivity contribution in [3.63, 3.8) is 0 Å². The fourth-order valence-electron chi connectivity index (χ4n) is 1.63. The molecule has 1 rings (SSSR count). The van der Waals surface area contributed by atoms with Gasteiger partial charge in [-0.3, -0.25) is 4.68 Å². The molecule has 1 heterocycles. The maximum absolute atomic E-state index is 4.19. The molecule has 0 N–H and O–H groups in total. The topological polar surface area (TPSA) is 30.7 Å². The summed E-state index contributed by atoms with van der Waals surface area (Å²) in [5.74, 6) is 2.15. The molecule has 3 heteroatoms. The van der Waals surface area contributed by atoms with Gasteiger partial charge in [-0.15, -0.1) is 5.10 Å². The third kappa shape index (κ3) is 4.33. The molecule has 0 aromatic carbocycles. The maximum Gasteiger partial charge on any atom is 0.0829 e. The maximum atomic E-state index is 4.19. The van der Waals surface area contributed by atoms with Gasteiger partial charge in [0.05, 0.1) is 5.69 Å². The van der Waals surface area contributed by atoms with Crippen LogP contribution < -0.4 is 0 Å². The van der Waals surface area contributed by atoms with E-state index in [1.807, 2.05) is 4.68 Å². The van der Waals surface area contributed by atoms with Crippen LogP contribution in [0.4, 0.5) is 0 Å². The predicted molar refractivity (Wildman–Crippen MR) is 67.2 cm³/mol. The Labute approximate surface area is 99.2 Å². The van der Waals surface area contributed by atoms with Gasteiger partial charge < -0.3 is 0 Å². The summed E-state index contributed by atoms with van der Waals surface area (Å²) in [6.07, 6.45) is 4.30. The van der Waals surface area contributed by atoms with Gasteiger partial charge in [0.25, 0.3) is 0 Å². The molecule has 1 aromatic heterocycles. The fraction of sp³-hybridized carbons (Fsp3) is 0.846. The van der Waals surface area contributed by atoms with Gasteiger partial charge in [0.2, 0.25) is 0 Å². The zero-order valence-electron chi connectivity index (χ0n) is 11.3. The second-order valence-corrected chi connectivity index (χ2v) is 5.58. The number of aromatic nitrogens is 3. The monoisotopic (exact) mass is 223 g/mol. The van der Waals surface area contributed by atoms with Crippen LogP contribution in [0.15, 0.2) is 6.20 Å². The van der Waals surface area contributed by atoms with E-state index >= 15 is 0 Å². The Hall–Kier alpha value is -0.860. The molecular weight excluding hydrogens is 198 g/mol. The molecule has 0 aliphatic rings. The van der Waals surface area contributed by atoms with Crippen LogP contribution in [0.2, 0.25) is 0 Å². The van der Waals surface area contributed by atoms with Gasteiger partial charge in [-0.2, -0.15) is 0 Å². The summed E-state index contributed by atoms with van der Waals surface area (Å²) in [6.45, 7) is 12.3. The molecule has 1 atom stereocenters. The molecule has 0 amide bonds. The van der Waals surface area contributed by atoms with Crippen molar-refractivity contribution in [1.29, 1.82) is 0 Å². The van der Waals surface area contributed by atoms with Gasteiger partial charge in [-0.05, 0) is 30.6 Å². The Morgan fingerprint density at radius 3 is 2.44 bits per heavy atom. The molecule has 0 aliphatic heterocycles. The molecule has 0 saturated carbocycles. The number of hydrogen-bond donors (Lipinski definition) is 0. The summed E-state index contributed by atoms with van der Waals surface area (Å²) >= 11 is 0. The van der Waals surface area contributed by atoms with E-state index in [4.69, 9.17) is 0 Å². The molecule has 1 unspecified atom stereocenters. The molecule has 0 aliphatic carbocycles. The highest BCUT2D eigenvalue weighted by atomic mass is 15.4. The fourth-order valence-corrected chi connectivity index (χ4v) is 1.63. The van der Waals surface area contributed by atoms with Crippen LogP contribution in [0.3, 0.4) is 0 Å². The van der Waals surface area contributed by atoms with Crippen molar-refractivity contribution in [2.75, 3.05) is 0 Å². The summed E-state index contributed by atoms with van der Waals surface area (Å²) in [7, 11) is 0. The summed E-state index contributed by atoms with van der Waals surface area (Å²) < 4.78 is 1.98. The molecule has 0 spiro atoms. The highest BCUT2D eigenvalue weighted by molar-refractivity contribution is 4.93. The van der Waals surface area contributed by atoms with E-state index in [0.29, 0.717) is 5.92 Å². The molecule has 0 radical (unpaired) electrons. The van der Waals surface area contributed by atoms with E-state index < -0.39 is 0 Å². The number of aryl methyl sites for hydroxylation is 1. The van der Waals surface area contributed by atoms with Gasteiger partial charge in [0.15, 0.2) is 0 Å². The van der Waals surface area contributed by atoms with Crippen molar-refractivity contribution in [2.45, 2.75) is 54.0 Å². The summed E-state index contributed by atoms with van der Waals surface area (Å²) in [4.78, 5) is 0. The Morgan fingerprint density at radius 1 is 1.19 bits per heavy atom. The largest absolute Gasteiger partial charge is 0.252 e. The SMILES string of the molecule is CC(C)Cc1cn(CCC(C)C(C)C)nn1. The molecule has 16 heavy (non-hydrogen) atoms. The zero-order valence-corrected chi connectivity index (χ0v) is 11.3. The van der Waals surface area contributed by atoms with Crippen molar-refractivity contribution in [3.05, 3.63) is 11.9 Å². The van der Waals surface area contributed by atoms with Crippen LogP contribution in [0, 0.1) is 17.8 Å². The van der Waals surface area contributed by atoms with Crippen LogP contribution in [-0.2, 0) is 13.0 Å².